The van der Waals surface area contributed by atoms with Crippen LogP contribution in [-0.4, -0.2) is 24.4 Å². The number of amides is 1. The first-order valence-electron chi connectivity index (χ1n) is 6.62. The Morgan fingerprint density at radius 1 is 1.24 bits per heavy atom. The molecule has 0 saturated carbocycles. The Bertz CT molecular complexity index is 616. The number of rotatable bonds is 5. The van der Waals surface area contributed by atoms with Crippen molar-refractivity contribution in [3.63, 3.8) is 0 Å². The second-order valence-corrected chi connectivity index (χ2v) is 5.35. The molecule has 5 heteroatoms. The minimum absolute atomic E-state index is 0.124. The lowest BCUT2D eigenvalue weighted by atomic mass is 10.2. The molecule has 0 aliphatic carbocycles. The van der Waals surface area contributed by atoms with Crippen LogP contribution in [-0.2, 0) is 11.3 Å². The Kier molecular flexibility index (Phi) is 5.20. The highest BCUT2D eigenvalue weighted by atomic mass is 35.5. The van der Waals surface area contributed by atoms with Crippen LogP contribution in [0, 0.1) is 0 Å². The Balaban J connectivity index is 1.91. The molecule has 0 aromatic heterocycles. The number of anilines is 2. The molecule has 0 radical (unpaired) electrons. The van der Waals surface area contributed by atoms with Crippen molar-refractivity contribution in [2.75, 3.05) is 24.6 Å². The van der Waals surface area contributed by atoms with E-state index in [-0.39, 0.29) is 12.5 Å². The van der Waals surface area contributed by atoms with Gasteiger partial charge < -0.3 is 11.1 Å². The molecule has 21 heavy (non-hydrogen) atoms. The second kappa shape index (κ2) is 7.11. The number of hydrogen-bond donors (Lipinski definition) is 2. The average molecular weight is 304 g/mol. The minimum atomic E-state index is -0.124. The summed E-state index contributed by atoms with van der Waals surface area (Å²) in [5, 5.41) is 3.25. The van der Waals surface area contributed by atoms with E-state index in [1.165, 1.54) is 0 Å². The molecule has 2 aromatic carbocycles. The van der Waals surface area contributed by atoms with E-state index in [4.69, 9.17) is 17.3 Å². The van der Waals surface area contributed by atoms with Gasteiger partial charge in [0.25, 0.3) is 0 Å². The number of halogens is 1. The number of nitrogens with two attached hydrogens (primary N) is 1. The van der Waals surface area contributed by atoms with Crippen molar-refractivity contribution < 1.29 is 4.79 Å². The van der Waals surface area contributed by atoms with Gasteiger partial charge in [-0.3, -0.25) is 9.69 Å². The van der Waals surface area contributed by atoms with Crippen molar-refractivity contribution in [1.29, 1.82) is 0 Å². The summed E-state index contributed by atoms with van der Waals surface area (Å²) in [7, 11) is 1.90. The zero-order valence-electron chi connectivity index (χ0n) is 11.8. The molecule has 0 heterocycles. The predicted octanol–water partition coefficient (Wildman–Crippen LogP) is 2.99. The summed E-state index contributed by atoms with van der Waals surface area (Å²) in [6.07, 6.45) is 0. The van der Waals surface area contributed by atoms with E-state index in [9.17, 15) is 4.79 Å². The maximum atomic E-state index is 12.0. The molecule has 2 aromatic rings. The molecule has 0 aliphatic rings. The molecule has 3 N–H and O–H groups in total. The van der Waals surface area contributed by atoms with Crippen molar-refractivity contribution in [1.82, 2.24) is 4.90 Å². The van der Waals surface area contributed by atoms with Gasteiger partial charge in [0.15, 0.2) is 0 Å². The molecule has 1 amide bonds. The van der Waals surface area contributed by atoms with Gasteiger partial charge in [0.1, 0.15) is 0 Å². The van der Waals surface area contributed by atoms with Crippen LogP contribution in [0.1, 0.15) is 5.56 Å². The first-order chi connectivity index (χ1) is 10.0. The van der Waals surface area contributed by atoms with E-state index in [1.54, 1.807) is 18.2 Å². The molecule has 0 unspecified atom stereocenters. The second-order valence-electron chi connectivity index (χ2n) is 4.95. The predicted molar refractivity (Wildman–Crippen MR) is 87.3 cm³/mol. The smallest absolute Gasteiger partial charge is 0.238 e. The molecule has 4 nitrogen and oxygen atoms in total. The van der Waals surface area contributed by atoms with Crippen LogP contribution in [0.5, 0.6) is 0 Å². The van der Waals surface area contributed by atoms with Gasteiger partial charge in [-0.25, -0.2) is 0 Å². The van der Waals surface area contributed by atoms with Crippen molar-refractivity contribution in [2.45, 2.75) is 6.54 Å². The Labute approximate surface area is 129 Å². The van der Waals surface area contributed by atoms with Gasteiger partial charge >= 0.3 is 0 Å². The summed E-state index contributed by atoms with van der Waals surface area (Å²) in [6, 6.07) is 15.0. The highest BCUT2D eigenvalue weighted by Gasteiger charge is 2.09. The monoisotopic (exact) mass is 303 g/mol. The summed E-state index contributed by atoms with van der Waals surface area (Å²) >= 11 is 6.02. The van der Waals surface area contributed by atoms with Gasteiger partial charge in [-0.15, -0.1) is 0 Å². The van der Waals surface area contributed by atoms with E-state index in [0.29, 0.717) is 22.9 Å². The van der Waals surface area contributed by atoms with Crippen molar-refractivity contribution in [3.05, 3.63) is 59.1 Å². The summed E-state index contributed by atoms with van der Waals surface area (Å²) in [5.41, 5.74) is 7.95. The molecule has 0 fully saturated rings. The van der Waals surface area contributed by atoms with Crippen molar-refractivity contribution in [3.8, 4) is 0 Å². The Morgan fingerprint density at radius 2 is 1.95 bits per heavy atom. The maximum absolute atomic E-state index is 12.0. The topological polar surface area (TPSA) is 58.4 Å². The summed E-state index contributed by atoms with van der Waals surface area (Å²) in [6.45, 7) is 0.985. The fraction of sp³-hybridized carbons (Fsp3) is 0.188. The van der Waals surface area contributed by atoms with Gasteiger partial charge in [0.05, 0.1) is 17.3 Å². The first-order valence-corrected chi connectivity index (χ1v) is 7.00. The van der Waals surface area contributed by atoms with Gasteiger partial charge in [0.2, 0.25) is 5.91 Å². The standard InChI is InChI=1S/C16H18ClN3O/c1-20(10-12-5-3-2-4-6-12)11-16(21)19-15-9-13(18)7-8-14(15)17/h2-9H,10-11,18H2,1H3,(H,19,21). The third-order valence-corrected chi connectivity index (χ3v) is 3.30. The lowest BCUT2D eigenvalue weighted by Gasteiger charge is -2.16. The number of benzene rings is 2. The maximum Gasteiger partial charge on any atom is 0.238 e. The molecule has 0 saturated heterocycles. The normalized spacial score (nSPS) is 10.6. The first kappa shape index (κ1) is 15.4. The summed E-state index contributed by atoms with van der Waals surface area (Å²) in [4.78, 5) is 14.0. The van der Waals surface area contributed by atoms with Gasteiger partial charge in [-0.2, -0.15) is 0 Å². The highest BCUT2D eigenvalue weighted by molar-refractivity contribution is 6.33. The number of nitrogen functional groups attached to an aromatic ring is 1. The van der Waals surface area contributed by atoms with Crippen LogP contribution in [0.3, 0.4) is 0 Å². The summed E-state index contributed by atoms with van der Waals surface area (Å²) < 4.78 is 0. The zero-order chi connectivity index (χ0) is 15.2. The zero-order valence-corrected chi connectivity index (χ0v) is 12.6. The van der Waals surface area contributed by atoms with Gasteiger partial charge in [-0.1, -0.05) is 41.9 Å². The van der Waals surface area contributed by atoms with Crippen molar-refractivity contribution in [2.24, 2.45) is 0 Å². The lowest BCUT2D eigenvalue weighted by molar-refractivity contribution is -0.117. The molecule has 2 rings (SSSR count). The fourth-order valence-electron chi connectivity index (χ4n) is 2.02. The van der Waals surface area contributed by atoms with Crippen LogP contribution < -0.4 is 11.1 Å². The van der Waals surface area contributed by atoms with E-state index >= 15 is 0 Å². The van der Waals surface area contributed by atoms with Crippen molar-refractivity contribution >= 4 is 28.9 Å². The number of carbonyl (C=O) groups is 1. The molecule has 0 spiro atoms. The van der Waals surface area contributed by atoms with Gasteiger partial charge in [0, 0.05) is 12.2 Å². The Hall–Kier alpha value is -2.04. The molecule has 110 valence electrons. The average Bonchev–Trinajstić information content (AvgIpc) is 2.43. The third-order valence-electron chi connectivity index (χ3n) is 2.97. The molecule has 0 aliphatic heterocycles. The van der Waals surface area contributed by atoms with E-state index < -0.39 is 0 Å². The molecular formula is C16H18ClN3O. The number of nitrogens with zero attached hydrogens (tertiary/aromatic N) is 1. The van der Waals surface area contributed by atoms with Crippen LogP contribution in [0.25, 0.3) is 0 Å². The highest BCUT2D eigenvalue weighted by Crippen LogP contribution is 2.23. The third kappa shape index (κ3) is 4.77. The number of carbonyl (C=O) groups excluding carboxylic acids is 1. The Morgan fingerprint density at radius 3 is 2.67 bits per heavy atom. The number of nitrogens with one attached hydrogen (secondary N) is 1. The molecule has 0 bridgehead atoms. The van der Waals surface area contributed by atoms with E-state index in [2.05, 4.69) is 5.32 Å². The van der Waals surface area contributed by atoms with E-state index in [1.807, 2.05) is 42.3 Å². The quantitative estimate of drug-likeness (QED) is 0.835. The number of hydrogen-bond acceptors (Lipinski definition) is 3. The van der Waals surface area contributed by atoms with Crippen LogP contribution >= 0.6 is 11.6 Å². The molecule has 0 atom stereocenters. The fourth-order valence-corrected chi connectivity index (χ4v) is 2.19. The van der Waals surface area contributed by atoms with E-state index in [0.717, 1.165) is 5.56 Å². The van der Waals surface area contributed by atoms with Crippen LogP contribution in [0.4, 0.5) is 11.4 Å². The minimum Gasteiger partial charge on any atom is -0.399 e. The largest absolute Gasteiger partial charge is 0.399 e. The van der Waals surface area contributed by atoms with Gasteiger partial charge in [-0.05, 0) is 30.8 Å². The number of likely N-dealkylation sites (N-methyl/N-ethyl adjacent to an activating group) is 1. The summed E-state index contributed by atoms with van der Waals surface area (Å²) in [5.74, 6) is -0.124. The van der Waals surface area contributed by atoms with Crippen LogP contribution in [0.2, 0.25) is 5.02 Å². The molecular weight excluding hydrogens is 286 g/mol. The lowest BCUT2D eigenvalue weighted by Crippen LogP contribution is -2.29. The SMILES string of the molecule is CN(CC(=O)Nc1cc(N)ccc1Cl)Cc1ccccc1. The van der Waals surface area contributed by atoms with Crippen LogP contribution in [0.15, 0.2) is 48.5 Å².